The molecule has 2 N–H and O–H groups in total. The van der Waals surface area contributed by atoms with Crippen molar-refractivity contribution in [3.8, 4) is 0 Å². The molecule has 1 aromatic rings. The fraction of sp³-hybridized carbons (Fsp3) is 0.600. The third-order valence-corrected chi connectivity index (χ3v) is 5.36. The molecule has 0 unspecified atom stereocenters. The highest BCUT2D eigenvalue weighted by molar-refractivity contribution is 7.89. The summed E-state index contributed by atoms with van der Waals surface area (Å²) < 4.78 is 27.4. The van der Waals surface area contributed by atoms with Crippen LogP contribution in [0.1, 0.15) is 18.9 Å². The van der Waals surface area contributed by atoms with E-state index in [4.69, 9.17) is 0 Å². The average molecular weight is 311 g/mol. The van der Waals surface area contributed by atoms with Crippen LogP contribution in [0.3, 0.4) is 0 Å². The van der Waals surface area contributed by atoms with Gasteiger partial charge < -0.3 is 10.2 Å². The molecule has 0 radical (unpaired) electrons. The standard InChI is InChI=1S/C15H25N3O2S/c1-2-14-6-3-4-7-15(14)21(19,20)17-8-5-11-18-12-9-16-10-13-18/h3-4,6-7,16-17H,2,5,8-13H2,1H3. The van der Waals surface area contributed by atoms with E-state index >= 15 is 0 Å². The van der Waals surface area contributed by atoms with Gasteiger partial charge in [-0.2, -0.15) is 0 Å². The second-order valence-corrected chi connectivity index (χ2v) is 7.04. The molecule has 1 aliphatic heterocycles. The molecule has 0 bridgehead atoms. The molecule has 21 heavy (non-hydrogen) atoms. The first-order valence-corrected chi connectivity index (χ1v) is 9.12. The molecule has 0 aromatic heterocycles. The Balaban J connectivity index is 1.83. The number of aryl methyl sites for hydroxylation is 1. The number of hydrogen-bond acceptors (Lipinski definition) is 4. The molecule has 118 valence electrons. The number of nitrogens with one attached hydrogen (secondary N) is 2. The lowest BCUT2D eigenvalue weighted by Crippen LogP contribution is -2.44. The molecule has 1 aliphatic rings. The van der Waals surface area contributed by atoms with Crippen molar-refractivity contribution >= 4 is 10.0 Å². The van der Waals surface area contributed by atoms with E-state index in [1.54, 1.807) is 12.1 Å². The van der Waals surface area contributed by atoms with Crippen molar-refractivity contribution in [2.45, 2.75) is 24.7 Å². The summed E-state index contributed by atoms with van der Waals surface area (Å²) in [5, 5.41) is 3.31. The van der Waals surface area contributed by atoms with Gasteiger partial charge in [-0.25, -0.2) is 13.1 Å². The van der Waals surface area contributed by atoms with Gasteiger partial charge in [-0.1, -0.05) is 25.1 Å². The maximum Gasteiger partial charge on any atom is 0.240 e. The summed E-state index contributed by atoms with van der Waals surface area (Å²) >= 11 is 0. The maximum atomic E-state index is 12.3. The number of piperazine rings is 1. The van der Waals surface area contributed by atoms with Gasteiger partial charge >= 0.3 is 0 Å². The summed E-state index contributed by atoms with van der Waals surface area (Å²) in [4.78, 5) is 2.78. The van der Waals surface area contributed by atoms with Crippen LogP contribution in [0, 0.1) is 0 Å². The van der Waals surface area contributed by atoms with Crippen molar-refractivity contribution in [2.24, 2.45) is 0 Å². The summed E-state index contributed by atoms with van der Waals surface area (Å²) in [5.74, 6) is 0. The van der Waals surface area contributed by atoms with Crippen molar-refractivity contribution in [3.05, 3.63) is 29.8 Å². The highest BCUT2D eigenvalue weighted by Gasteiger charge is 2.16. The van der Waals surface area contributed by atoms with Crippen molar-refractivity contribution in [2.75, 3.05) is 39.3 Å². The largest absolute Gasteiger partial charge is 0.314 e. The van der Waals surface area contributed by atoms with Crippen molar-refractivity contribution in [1.82, 2.24) is 14.9 Å². The number of nitrogens with zero attached hydrogens (tertiary/aromatic N) is 1. The van der Waals surface area contributed by atoms with Crippen LogP contribution in [-0.2, 0) is 16.4 Å². The first-order chi connectivity index (χ1) is 10.1. The van der Waals surface area contributed by atoms with E-state index in [0.29, 0.717) is 11.4 Å². The lowest BCUT2D eigenvalue weighted by atomic mass is 10.2. The van der Waals surface area contributed by atoms with Gasteiger partial charge in [0.05, 0.1) is 4.90 Å². The minimum absolute atomic E-state index is 0.412. The quantitative estimate of drug-likeness (QED) is 0.732. The van der Waals surface area contributed by atoms with Crippen molar-refractivity contribution in [3.63, 3.8) is 0 Å². The minimum atomic E-state index is -3.39. The molecule has 0 atom stereocenters. The number of hydrogen-bond donors (Lipinski definition) is 2. The third kappa shape index (κ3) is 4.78. The Morgan fingerprint density at radius 3 is 2.67 bits per heavy atom. The first-order valence-electron chi connectivity index (χ1n) is 7.64. The highest BCUT2D eigenvalue weighted by Crippen LogP contribution is 2.15. The fourth-order valence-corrected chi connectivity index (χ4v) is 3.96. The number of rotatable bonds is 7. The topological polar surface area (TPSA) is 61.4 Å². The fourth-order valence-electron chi connectivity index (χ4n) is 2.58. The third-order valence-electron chi connectivity index (χ3n) is 3.80. The van der Waals surface area contributed by atoms with Gasteiger partial charge in [0.1, 0.15) is 0 Å². The van der Waals surface area contributed by atoms with Crippen LogP contribution in [0.5, 0.6) is 0 Å². The number of benzene rings is 1. The summed E-state index contributed by atoms with van der Waals surface area (Å²) in [7, 11) is -3.39. The van der Waals surface area contributed by atoms with Crippen LogP contribution >= 0.6 is 0 Å². The molecular formula is C15H25N3O2S. The Morgan fingerprint density at radius 1 is 1.24 bits per heavy atom. The summed E-state index contributed by atoms with van der Waals surface area (Å²) in [6.45, 7) is 7.55. The molecule has 1 saturated heterocycles. The molecule has 0 amide bonds. The predicted octanol–water partition coefficient (Wildman–Crippen LogP) is 0.823. The van der Waals surface area contributed by atoms with Crippen LogP contribution in [-0.4, -0.2) is 52.6 Å². The van der Waals surface area contributed by atoms with Gasteiger partial charge in [0.2, 0.25) is 10.0 Å². The second kappa shape index (κ2) is 7.89. The maximum absolute atomic E-state index is 12.3. The Kier molecular flexibility index (Phi) is 6.17. The monoisotopic (exact) mass is 311 g/mol. The van der Waals surface area contributed by atoms with Gasteiger partial charge in [0, 0.05) is 32.7 Å². The lowest BCUT2D eigenvalue weighted by molar-refractivity contribution is 0.239. The summed E-state index contributed by atoms with van der Waals surface area (Å²) in [6, 6.07) is 7.20. The van der Waals surface area contributed by atoms with Gasteiger partial charge in [0.15, 0.2) is 0 Å². The Bertz CT molecular complexity index is 540. The zero-order chi connectivity index (χ0) is 15.1. The van der Waals surface area contributed by atoms with E-state index in [9.17, 15) is 8.42 Å². The zero-order valence-corrected chi connectivity index (χ0v) is 13.5. The number of sulfonamides is 1. The predicted molar refractivity (Wildman–Crippen MR) is 84.9 cm³/mol. The average Bonchev–Trinajstić information content (AvgIpc) is 2.52. The van der Waals surface area contributed by atoms with Gasteiger partial charge in [-0.15, -0.1) is 0 Å². The smallest absolute Gasteiger partial charge is 0.240 e. The van der Waals surface area contributed by atoms with E-state index in [1.165, 1.54) is 0 Å². The highest BCUT2D eigenvalue weighted by atomic mass is 32.2. The Labute approximate surface area is 127 Å². The molecule has 1 aromatic carbocycles. The normalized spacial score (nSPS) is 17.0. The van der Waals surface area contributed by atoms with Gasteiger partial charge in [-0.05, 0) is 31.0 Å². The van der Waals surface area contributed by atoms with Crippen LogP contribution in [0.4, 0.5) is 0 Å². The van der Waals surface area contributed by atoms with Crippen LogP contribution < -0.4 is 10.0 Å². The second-order valence-electron chi connectivity index (χ2n) is 5.30. The van der Waals surface area contributed by atoms with E-state index in [-0.39, 0.29) is 0 Å². The van der Waals surface area contributed by atoms with Gasteiger partial charge in [0.25, 0.3) is 0 Å². The SMILES string of the molecule is CCc1ccccc1S(=O)(=O)NCCCN1CCNCC1. The summed E-state index contributed by atoms with van der Waals surface area (Å²) in [6.07, 6.45) is 1.56. The van der Waals surface area contributed by atoms with E-state index < -0.39 is 10.0 Å². The van der Waals surface area contributed by atoms with E-state index in [2.05, 4.69) is 14.9 Å². The molecular weight excluding hydrogens is 286 g/mol. The molecule has 1 fully saturated rings. The molecule has 1 heterocycles. The molecule has 2 rings (SSSR count). The zero-order valence-electron chi connectivity index (χ0n) is 12.6. The first kappa shape index (κ1) is 16.4. The van der Waals surface area contributed by atoms with Crippen molar-refractivity contribution < 1.29 is 8.42 Å². The Morgan fingerprint density at radius 2 is 1.95 bits per heavy atom. The van der Waals surface area contributed by atoms with Crippen LogP contribution in [0.2, 0.25) is 0 Å². The summed E-state index contributed by atoms with van der Waals surface area (Å²) in [5.41, 5.74) is 0.868. The Hall–Kier alpha value is -0.950. The van der Waals surface area contributed by atoms with E-state index in [0.717, 1.165) is 51.1 Å². The van der Waals surface area contributed by atoms with Crippen LogP contribution in [0.15, 0.2) is 29.2 Å². The van der Waals surface area contributed by atoms with Crippen molar-refractivity contribution in [1.29, 1.82) is 0 Å². The van der Waals surface area contributed by atoms with Gasteiger partial charge in [-0.3, -0.25) is 0 Å². The van der Waals surface area contributed by atoms with Crippen LogP contribution in [0.25, 0.3) is 0 Å². The molecule has 0 spiro atoms. The molecule has 0 aliphatic carbocycles. The van der Waals surface area contributed by atoms with E-state index in [1.807, 2.05) is 19.1 Å². The molecule has 0 saturated carbocycles. The molecule has 5 nitrogen and oxygen atoms in total. The minimum Gasteiger partial charge on any atom is -0.314 e. The molecule has 6 heteroatoms. The lowest BCUT2D eigenvalue weighted by Gasteiger charge is -2.27.